The van der Waals surface area contributed by atoms with E-state index in [9.17, 15) is 4.79 Å². The smallest absolute Gasteiger partial charge is 0.232 e. The summed E-state index contributed by atoms with van der Waals surface area (Å²) in [6.45, 7) is 5.03. The van der Waals surface area contributed by atoms with Crippen molar-refractivity contribution in [2.75, 3.05) is 24.5 Å². The minimum absolute atomic E-state index is 0.160. The van der Waals surface area contributed by atoms with Crippen LogP contribution >= 0.6 is 0 Å². The van der Waals surface area contributed by atoms with E-state index in [2.05, 4.69) is 36.1 Å². The maximum atomic E-state index is 12.8. The molecule has 3 aliphatic rings. The molecule has 1 atom stereocenters. The molecule has 164 valence electrons. The average Bonchev–Trinajstić information content (AvgIpc) is 3.14. The van der Waals surface area contributed by atoms with Gasteiger partial charge in [0.05, 0.1) is 6.42 Å². The summed E-state index contributed by atoms with van der Waals surface area (Å²) in [7, 11) is 0. The minimum Gasteiger partial charge on any atom is -0.300 e. The van der Waals surface area contributed by atoms with E-state index >= 15 is 0 Å². The number of hydrogen-bond donors (Lipinski definition) is 0. The quantitative estimate of drug-likeness (QED) is 0.721. The fourth-order valence-electron chi connectivity index (χ4n) is 5.69. The summed E-state index contributed by atoms with van der Waals surface area (Å²) in [4.78, 5) is 27.4. The second-order valence-electron chi connectivity index (χ2n) is 9.55. The highest BCUT2D eigenvalue weighted by atomic mass is 16.2. The normalized spacial score (nSPS) is 22.7. The van der Waals surface area contributed by atoms with Crippen molar-refractivity contribution < 1.29 is 4.79 Å². The molecule has 1 saturated heterocycles. The van der Waals surface area contributed by atoms with Gasteiger partial charge in [0, 0.05) is 36.3 Å². The van der Waals surface area contributed by atoms with Crippen LogP contribution in [0.25, 0.3) is 0 Å². The van der Waals surface area contributed by atoms with Crippen LogP contribution in [0.3, 0.4) is 0 Å². The number of hydrogen-bond acceptors (Lipinski definition) is 4. The van der Waals surface area contributed by atoms with Crippen molar-refractivity contribution in [3.63, 3.8) is 0 Å². The summed E-state index contributed by atoms with van der Waals surface area (Å²) in [6, 6.07) is 11.1. The number of nitrogens with zero attached hydrogens (tertiary/aromatic N) is 4. The van der Waals surface area contributed by atoms with Crippen LogP contribution < -0.4 is 4.90 Å². The molecule has 1 amide bonds. The van der Waals surface area contributed by atoms with E-state index < -0.39 is 0 Å². The number of benzene rings is 1. The second-order valence-corrected chi connectivity index (χ2v) is 9.55. The molecule has 5 heteroatoms. The van der Waals surface area contributed by atoms with Gasteiger partial charge in [0.15, 0.2) is 0 Å². The van der Waals surface area contributed by atoms with Crippen molar-refractivity contribution in [3.05, 3.63) is 53.0 Å². The summed E-state index contributed by atoms with van der Waals surface area (Å²) in [5, 5.41) is 0. The molecule has 0 radical (unpaired) electrons. The molecule has 1 aromatic carbocycles. The molecule has 1 saturated carbocycles. The third-order valence-electron chi connectivity index (χ3n) is 7.47. The van der Waals surface area contributed by atoms with Crippen LogP contribution in [0.5, 0.6) is 0 Å². The van der Waals surface area contributed by atoms with E-state index in [4.69, 9.17) is 9.97 Å². The lowest BCUT2D eigenvalue weighted by atomic mass is 9.90. The highest BCUT2D eigenvalue weighted by molar-refractivity contribution is 6.00. The van der Waals surface area contributed by atoms with Gasteiger partial charge in [0.2, 0.25) is 5.91 Å². The Labute approximate surface area is 185 Å². The van der Waals surface area contributed by atoms with Gasteiger partial charge in [-0.25, -0.2) is 9.97 Å². The van der Waals surface area contributed by atoms with Gasteiger partial charge in [0.25, 0.3) is 0 Å². The van der Waals surface area contributed by atoms with Gasteiger partial charge in [-0.1, -0.05) is 49.6 Å². The van der Waals surface area contributed by atoms with Crippen LogP contribution in [-0.4, -0.2) is 46.5 Å². The lowest BCUT2D eigenvalue weighted by Gasteiger charge is -2.39. The van der Waals surface area contributed by atoms with Crippen LogP contribution in [-0.2, 0) is 17.6 Å². The zero-order valence-corrected chi connectivity index (χ0v) is 18.7. The first kappa shape index (κ1) is 20.6. The van der Waals surface area contributed by atoms with Gasteiger partial charge in [-0.3, -0.25) is 14.6 Å². The second kappa shape index (κ2) is 9.07. The zero-order chi connectivity index (χ0) is 21.2. The number of rotatable bonds is 5. The van der Waals surface area contributed by atoms with Crippen molar-refractivity contribution in [3.8, 4) is 0 Å². The molecule has 5 nitrogen and oxygen atoms in total. The van der Waals surface area contributed by atoms with E-state index in [1.54, 1.807) is 0 Å². The summed E-state index contributed by atoms with van der Waals surface area (Å²) >= 11 is 0. The number of anilines is 1. The van der Waals surface area contributed by atoms with E-state index in [0.717, 1.165) is 48.3 Å². The third-order valence-corrected chi connectivity index (χ3v) is 7.47. The fourth-order valence-corrected chi connectivity index (χ4v) is 5.69. The number of carbonyl (C=O) groups excluding carboxylic acids is 1. The maximum Gasteiger partial charge on any atom is 0.232 e. The molecule has 1 aliphatic carbocycles. The molecule has 0 bridgehead atoms. The molecule has 0 N–H and O–H groups in total. The number of aryl methyl sites for hydroxylation is 1. The summed E-state index contributed by atoms with van der Waals surface area (Å²) in [6.07, 6.45) is 10.5. The molecule has 2 fully saturated rings. The monoisotopic (exact) mass is 418 g/mol. The maximum absolute atomic E-state index is 12.8. The highest BCUT2D eigenvalue weighted by Crippen LogP contribution is 2.34. The Morgan fingerprint density at radius 3 is 2.61 bits per heavy atom. The predicted molar refractivity (Wildman–Crippen MR) is 123 cm³/mol. The standard InChI is InChI=1S/C26H34N4O/c1-19-23-17-24(31)30(16-14-20-9-4-2-5-10-20)26(23)28-25(27-19)21-11-8-15-29(18-21)22-12-6-3-7-13-22/h2,4-5,9-10,21-22H,3,6-8,11-18H2,1H3/t21-/m0/s1. The Bertz CT molecular complexity index is 923. The topological polar surface area (TPSA) is 49.3 Å². The molecule has 5 rings (SSSR count). The van der Waals surface area contributed by atoms with Gasteiger partial charge >= 0.3 is 0 Å². The average molecular weight is 419 g/mol. The Morgan fingerprint density at radius 1 is 1.00 bits per heavy atom. The van der Waals surface area contributed by atoms with Gasteiger partial charge in [-0.15, -0.1) is 0 Å². The number of carbonyl (C=O) groups is 1. The minimum atomic E-state index is 0.160. The number of likely N-dealkylation sites (tertiary alicyclic amines) is 1. The SMILES string of the molecule is Cc1nc([C@H]2CCCN(C3CCCCC3)C2)nc2c1CC(=O)N2CCc1ccccc1. The number of amides is 1. The lowest BCUT2D eigenvalue weighted by molar-refractivity contribution is -0.117. The molecule has 2 aromatic rings. The van der Waals surface area contributed by atoms with Gasteiger partial charge < -0.3 is 0 Å². The van der Waals surface area contributed by atoms with Crippen molar-refractivity contribution in [1.29, 1.82) is 0 Å². The Balaban J connectivity index is 1.34. The summed E-state index contributed by atoms with van der Waals surface area (Å²) in [5.41, 5.74) is 3.28. The van der Waals surface area contributed by atoms with Crippen molar-refractivity contribution in [1.82, 2.24) is 14.9 Å². The Hall–Kier alpha value is -2.27. The van der Waals surface area contributed by atoms with E-state index in [0.29, 0.717) is 18.9 Å². The number of aromatic nitrogens is 2. The molecule has 0 unspecified atom stereocenters. The Morgan fingerprint density at radius 2 is 1.81 bits per heavy atom. The highest BCUT2D eigenvalue weighted by Gasteiger charge is 2.34. The summed E-state index contributed by atoms with van der Waals surface area (Å²) < 4.78 is 0. The lowest BCUT2D eigenvalue weighted by Crippen LogP contribution is -2.43. The van der Waals surface area contributed by atoms with E-state index in [1.807, 2.05) is 11.0 Å². The molecular weight excluding hydrogens is 384 g/mol. The molecule has 3 heterocycles. The van der Waals surface area contributed by atoms with Gasteiger partial charge in [-0.05, 0) is 51.1 Å². The fraction of sp³-hybridized carbons (Fsp3) is 0.577. The first-order chi connectivity index (χ1) is 15.2. The zero-order valence-electron chi connectivity index (χ0n) is 18.7. The summed E-state index contributed by atoms with van der Waals surface area (Å²) in [5.74, 6) is 2.37. The van der Waals surface area contributed by atoms with Crippen LogP contribution in [0, 0.1) is 6.92 Å². The Kier molecular flexibility index (Phi) is 6.04. The molecule has 31 heavy (non-hydrogen) atoms. The van der Waals surface area contributed by atoms with Crippen molar-refractivity contribution >= 4 is 11.7 Å². The molecule has 0 spiro atoms. The molecule has 2 aliphatic heterocycles. The van der Waals surface area contributed by atoms with Crippen LogP contribution in [0.2, 0.25) is 0 Å². The van der Waals surface area contributed by atoms with Crippen LogP contribution in [0.1, 0.15) is 73.5 Å². The number of piperidine rings is 1. The number of fused-ring (bicyclic) bond motifs is 1. The first-order valence-electron chi connectivity index (χ1n) is 12.1. The first-order valence-corrected chi connectivity index (χ1v) is 12.1. The van der Waals surface area contributed by atoms with Crippen molar-refractivity contribution in [2.24, 2.45) is 0 Å². The van der Waals surface area contributed by atoms with Gasteiger partial charge in [-0.2, -0.15) is 0 Å². The van der Waals surface area contributed by atoms with Crippen LogP contribution in [0.15, 0.2) is 30.3 Å². The van der Waals surface area contributed by atoms with E-state index in [-0.39, 0.29) is 5.91 Å². The largest absolute Gasteiger partial charge is 0.300 e. The van der Waals surface area contributed by atoms with Crippen molar-refractivity contribution in [2.45, 2.75) is 76.7 Å². The molecule has 1 aromatic heterocycles. The van der Waals surface area contributed by atoms with Crippen LogP contribution in [0.4, 0.5) is 5.82 Å². The third kappa shape index (κ3) is 4.38. The van der Waals surface area contributed by atoms with E-state index in [1.165, 1.54) is 50.6 Å². The van der Waals surface area contributed by atoms with Gasteiger partial charge in [0.1, 0.15) is 11.6 Å². The predicted octanol–water partition coefficient (Wildman–Crippen LogP) is 4.43. The molecular formula is C26H34N4O.